The van der Waals surface area contributed by atoms with Crippen molar-refractivity contribution in [2.75, 3.05) is 20.1 Å². The van der Waals surface area contributed by atoms with Gasteiger partial charge < -0.3 is 16.0 Å². The summed E-state index contributed by atoms with van der Waals surface area (Å²) in [6.07, 6.45) is 1.05. The standard InChI is InChI=1S/C11H21N3O2/c1-11(2,6-12)7-14(3)10(16)8-4-5-9(15)13-8/h8H,4-7,12H2,1-3H3,(H,13,15)/t8-/m1/s1. The van der Waals surface area contributed by atoms with Gasteiger partial charge in [0, 0.05) is 20.0 Å². The second-order valence-electron chi connectivity index (χ2n) is 5.22. The summed E-state index contributed by atoms with van der Waals surface area (Å²) < 4.78 is 0. The first-order chi connectivity index (χ1) is 7.35. The molecule has 0 spiro atoms. The van der Waals surface area contributed by atoms with Crippen molar-refractivity contribution in [1.29, 1.82) is 0 Å². The van der Waals surface area contributed by atoms with E-state index in [1.807, 2.05) is 13.8 Å². The topological polar surface area (TPSA) is 75.4 Å². The van der Waals surface area contributed by atoms with Crippen LogP contribution in [0.4, 0.5) is 0 Å². The van der Waals surface area contributed by atoms with E-state index in [2.05, 4.69) is 5.32 Å². The highest BCUT2D eigenvalue weighted by Crippen LogP contribution is 2.16. The minimum atomic E-state index is -0.342. The van der Waals surface area contributed by atoms with E-state index in [-0.39, 0.29) is 23.3 Å². The van der Waals surface area contributed by atoms with Gasteiger partial charge in [0.2, 0.25) is 11.8 Å². The van der Waals surface area contributed by atoms with Crippen molar-refractivity contribution in [3.63, 3.8) is 0 Å². The van der Waals surface area contributed by atoms with Gasteiger partial charge in [0.1, 0.15) is 6.04 Å². The van der Waals surface area contributed by atoms with Gasteiger partial charge in [0.15, 0.2) is 0 Å². The zero-order valence-electron chi connectivity index (χ0n) is 10.2. The normalized spacial score (nSPS) is 20.8. The van der Waals surface area contributed by atoms with Crippen LogP contribution in [-0.4, -0.2) is 42.9 Å². The molecule has 1 aliphatic rings. The Hall–Kier alpha value is -1.10. The van der Waals surface area contributed by atoms with E-state index in [9.17, 15) is 9.59 Å². The number of likely N-dealkylation sites (N-methyl/N-ethyl adjacent to an activating group) is 1. The molecular weight excluding hydrogens is 206 g/mol. The van der Waals surface area contributed by atoms with E-state index in [0.29, 0.717) is 25.9 Å². The maximum Gasteiger partial charge on any atom is 0.244 e. The summed E-state index contributed by atoms with van der Waals surface area (Å²) in [7, 11) is 1.75. The number of carbonyl (C=O) groups is 2. The molecule has 0 radical (unpaired) electrons. The quantitative estimate of drug-likeness (QED) is 0.693. The molecule has 5 heteroatoms. The van der Waals surface area contributed by atoms with Crippen molar-refractivity contribution >= 4 is 11.8 Å². The third-order valence-corrected chi connectivity index (χ3v) is 2.89. The minimum absolute atomic E-state index is 0.0209. The van der Waals surface area contributed by atoms with E-state index in [4.69, 9.17) is 5.73 Å². The van der Waals surface area contributed by atoms with E-state index in [1.165, 1.54) is 0 Å². The number of nitrogens with zero attached hydrogens (tertiary/aromatic N) is 1. The van der Waals surface area contributed by atoms with Crippen LogP contribution in [-0.2, 0) is 9.59 Å². The molecule has 1 rings (SSSR count). The summed E-state index contributed by atoms with van der Waals surface area (Å²) in [5, 5.41) is 2.68. The molecule has 0 bridgehead atoms. The Balaban J connectivity index is 2.51. The predicted octanol–water partition coefficient (Wildman–Crippen LogP) is -0.292. The first-order valence-corrected chi connectivity index (χ1v) is 5.60. The molecule has 92 valence electrons. The molecule has 1 fully saturated rings. The summed E-state index contributed by atoms with van der Waals surface area (Å²) in [5.41, 5.74) is 5.53. The fourth-order valence-electron chi connectivity index (χ4n) is 1.85. The molecule has 1 atom stereocenters. The molecule has 3 N–H and O–H groups in total. The third kappa shape index (κ3) is 3.20. The molecule has 1 aliphatic heterocycles. The van der Waals surface area contributed by atoms with Crippen LogP contribution in [0, 0.1) is 5.41 Å². The van der Waals surface area contributed by atoms with Crippen molar-refractivity contribution in [2.24, 2.45) is 11.1 Å². The van der Waals surface area contributed by atoms with Crippen LogP contribution in [0.25, 0.3) is 0 Å². The van der Waals surface area contributed by atoms with Crippen molar-refractivity contribution in [1.82, 2.24) is 10.2 Å². The Bertz CT molecular complexity index is 289. The van der Waals surface area contributed by atoms with Crippen molar-refractivity contribution in [2.45, 2.75) is 32.7 Å². The number of hydrogen-bond acceptors (Lipinski definition) is 3. The van der Waals surface area contributed by atoms with Crippen LogP contribution < -0.4 is 11.1 Å². The van der Waals surface area contributed by atoms with Crippen LogP contribution in [0.5, 0.6) is 0 Å². The molecule has 0 aromatic carbocycles. The summed E-state index contributed by atoms with van der Waals surface area (Å²) in [4.78, 5) is 24.6. The molecule has 2 amide bonds. The third-order valence-electron chi connectivity index (χ3n) is 2.89. The van der Waals surface area contributed by atoms with Crippen molar-refractivity contribution < 1.29 is 9.59 Å². The maximum absolute atomic E-state index is 12.0. The van der Waals surface area contributed by atoms with Crippen LogP contribution in [0.2, 0.25) is 0 Å². The molecular formula is C11H21N3O2. The van der Waals surface area contributed by atoms with Crippen LogP contribution in [0.3, 0.4) is 0 Å². The van der Waals surface area contributed by atoms with Gasteiger partial charge in [-0.15, -0.1) is 0 Å². The van der Waals surface area contributed by atoms with E-state index in [0.717, 1.165) is 0 Å². The van der Waals surface area contributed by atoms with Gasteiger partial charge in [-0.25, -0.2) is 0 Å². The van der Waals surface area contributed by atoms with Crippen LogP contribution >= 0.6 is 0 Å². The van der Waals surface area contributed by atoms with Gasteiger partial charge in [-0.2, -0.15) is 0 Å². The Morgan fingerprint density at radius 3 is 2.69 bits per heavy atom. The SMILES string of the molecule is CN(CC(C)(C)CN)C(=O)[C@H]1CCC(=O)N1. The summed E-state index contributed by atoms with van der Waals surface area (Å²) in [6.45, 7) is 5.17. The number of nitrogens with one attached hydrogen (secondary N) is 1. The average molecular weight is 227 g/mol. The molecule has 1 heterocycles. The van der Waals surface area contributed by atoms with Gasteiger partial charge in [-0.05, 0) is 18.4 Å². The minimum Gasteiger partial charge on any atom is -0.344 e. The molecule has 1 saturated heterocycles. The van der Waals surface area contributed by atoms with Crippen molar-refractivity contribution in [3.8, 4) is 0 Å². The number of hydrogen-bond donors (Lipinski definition) is 2. The lowest BCUT2D eigenvalue weighted by Crippen LogP contribution is -2.47. The Labute approximate surface area is 96.4 Å². The summed E-state index contributed by atoms with van der Waals surface area (Å²) in [5.74, 6) is -0.0581. The zero-order chi connectivity index (χ0) is 12.3. The van der Waals surface area contributed by atoms with E-state index < -0.39 is 0 Å². The lowest BCUT2D eigenvalue weighted by Gasteiger charge is -2.30. The second kappa shape index (κ2) is 4.82. The molecule has 0 aromatic heterocycles. The molecule has 0 aromatic rings. The molecule has 0 aliphatic carbocycles. The van der Waals surface area contributed by atoms with Gasteiger partial charge in [0.25, 0.3) is 0 Å². The molecule has 0 unspecified atom stereocenters. The molecule has 5 nitrogen and oxygen atoms in total. The average Bonchev–Trinajstić information content (AvgIpc) is 2.63. The Morgan fingerprint density at radius 2 is 2.25 bits per heavy atom. The maximum atomic E-state index is 12.0. The highest BCUT2D eigenvalue weighted by molar-refractivity contribution is 5.90. The van der Waals surface area contributed by atoms with E-state index in [1.54, 1.807) is 11.9 Å². The van der Waals surface area contributed by atoms with Crippen LogP contribution in [0.1, 0.15) is 26.7 Å². The monoisotopic (exact) mass is 227 g/mol. The summed E-state index contributed by atoms with van der Waals surface area (Å²) >= 11 is 0. The van der Waals surface area contributed by atoms with Gasteiger partial charge in [-0.1, -0.05) is 13.8 Å². The van der Waals surface area contributed by atoms with Gasteiger partial charge >= 0.3 is 0 Å². The lowest BCUT2D eigenvalue weighted by molar-refractivity contribution is -0.134. The Kier molecular flexibility index (Phi) is 3.91. The number of rotatable bonds is 4. The predicted molar refractivity (Wildman–Crippen MR) is 61.6 cm³/mol. The zero-order valence-corrected chi connectivity index (χ0v) is 10.2. The lowest BCUT2D eigenvalue weighted by atomic mass is 9.93. The first-order valence-electron chi connectivity index (χ1n) is 5.60. The van der Waals surface area contributed by atoms with Crippen LogP contribution in [0.15, 0.2) is 0 Å². The highest BCUT2D eigenvalue weighted by atomic mass is 16.2. The number of carbonyl (C=O) groups excluding carboxylic acids is 2. The molecule has 16 heavy (non-hydrogen) atoms. The largest absolute Gasteiger partial charge is 0.344 e. The van der Waals surface area contributed by atoms with E-state index >= 15 is 0 Å². The highest BCUT2D eigenvalue weighted by Gasteiger charge is 2.31. The summed E-state index contributed by atoms with van der Waals surface area (Å²) in [6, 6.07) is -0.342. The fourth-order valence-corrected chi connectivity index (χ4v) is 1.85. The molecule has 0 saturated carbocycles. The van der Waals surface area contributed by atoms with Gasteiger partial charge in [0.05, 0.1) is 0 Å². The van der Waals surface area contributed by atoms with Gasteiger partial charge in [-0.3, -0.25) is 9.59 Å². The number of nitrogens with two attached hydrogens (primary N) is 1. The smallest absolute Gasteiger partial charge is 0.244 e. The first kappa shape index (κ1) is 13.0. The number of amides is 2. The van der Waals surface area contributed by atoms with Crippen molar-refractivity contribution in [3.05, 3.63) is 0 Å². The Morgan fingerprint density at radius 1 is 1.62 bits per heavy atom. The second-order valence-corrected chi connectivity index (χ2v) is 5.22. The fraction of sp³-hybridized carbons (Fsp3) is 0.818.